The molecule has 0 aromatic heterocycles. The Morgan fingerprint density at radius 1 is 0.562 bits per heavy atom. The second kappa shape index (κ2) is 35.8. The number of carbonyl (C=O) groups excluding carboxylic acids is 2. The molecule has 0 aromatic carbocycles. The number of phosphoric acid groups is 1. The highest BCUT2D eigenvalue weighted by molar-refractivity contribution is 7.47. The van der Waals surface area contributed by atoms with Gasteiger partial charge < -0.3 is 20.1 Å². The number of nitrogens with one attached hydrogen (secondary N) is 1. The molecule has 9 nitrogen and oxygen atoms in total. The largest absolute Gasteiger partial charge is 0.472 e. The Balaban J connectivity index is 3.51. The van der Waals surface area contributed by atoms with E-state index in [2.05, 4.69) is 19.2 Å². The lowest BCUT2D eigenvalue weighted by atomic mass is 10.0. The van der Waals surface area contributed by atoms with Gasteiger partial charge in [0, 0.05) is 19.4 Å². The number of ether oxygens (including phenoxy) is 1. The van der Waals surface area contributed by atoms with Crippen molar-refractivity contribution in [3.05, 3.63) is 0 Å². The molecular weight excluding hydrogens is 629 g/mol. The molecule has 0 bridgehead atoms. The second-order valence-corrected chi connectivity index (χ2v) is 15.1. The summed E-state index contributed by atoms with van der Waals surface area (Å²) < 4.78 is 26.7. The van der Waals surface area contributed by atoms with Crippen molar-refractivity contribution in [1.29, 1.82) is 0 Å². The predicted octanol–water partition coefficient (Wildman–Crippen LogP) is 10.5. The summed E-state index contributed by atoms with van der Waals surface area (Å²) in [4.78, 5) is 33.6. The summed E-state index contributed by atoms with van der Waals surface area (Å²) in [7, 11) is -4.40. The third-order valence-corrected chi connectivity index (χ3v) is 9.77. The molecule has 0 radical (unpaired) electrons. The maximum atomic E-state index is 12.0. The number of aliphatic hydroxyl groups excluding tert-OH is 1. The van der Waals surface area contributed by atoms with E-state index in [1.54, 1.807) is 0 Å². The van der Waals surface area contributed by atoms with Gasteiger partial charge in [0.05, 0.1) is 13.2 Å². The zero-order valence-corrected chi connectivity index (χ0v) is 32.1. The summed E-state index contributed by atoms with van der Waals surface area (Å²) in [5.41, 5.74) is 0. The molecule has 0 aliphatic rings. The van der Waals surface area contributed by atoms with Gasteiger partial charge in [-0.2, -0.15) is 0 Å². The number of hydrogen-bond donors (Lipinski definition) is 3. The van der Waals surface area contributed by atoms with Gasteiger partial charge in [0.1, 0.15) is 12.7 Å². The first-order chi connectivity index (χ1) is 23.3. The molecule has 286 valence electrons. The molecule has 0 fully saturated rings. The lowest BCUT2D eigenvalue weighted by Crippen LogP contribution is -2.27. The summed E-state index contributed by atoms with van der Waals surface area (Å²) in [6.45, 7) is 3.52. The van der Waals surface area contributed by atoms with Crippen molar-refractivity contribution in [2.45, 2.75) is 206 Å². The van der Waals surface area contributed by atoms with Crippen LogP contribution in [0.4, 0.5) is 0 Å². The van der Waals surface area contributed by atoms with E-state index in [1.165, 1.54) is 135 Å². The molecular formula is C38H76NO8P. The number of amides is 1. The van der Waals surface area contributed by atoms with Crippen LogP contribution in [0.5, 0.6) is 0 Å². The first kappa shape index (κ1) is 47.0. The van der Waals surface area contributed by atoms with E-state index in [0.29, 0.717) is 6.42 Å². The van der Waals surface area contributed by atoms with Gasteiger partial charge in [-0.15, -0.1) is 0 Å². The van der Waals surface area contributed by atoms with E-state index >= 15 is 0 Å². The van der Waals surface area contributed by atoms with Gasteiger partial charge in [0.25, 0.3) is 0 Å². The van der Waals surface area contributed by atoms with Crippen LogP contribution in [0.2, 0.25) is 0 Å². The molecule has 0 aliphatic heterocycles. The number of hydrogen-bond acceptors (Lipinski definition) is 7. The third-order valence-electron chi connectivity index (χ3n) is 8.79. The fourth-order valence-electron chi connectivity index (χ4n) is 5.73. The Bertz CT molecular complexity index is 769. The molecule has 48 heavy (non-hydrogen) atoms. The van der Waals surface area contributed by atoms with Crippen molar-refractivity contribution >= 4 is 19.7 Å². The van der Waals surface area contributed by atoms with Gasteiger partial charge in [-0.05, 0) is 12.8 Å². The van der Waals surface area contributed by atoms with Crippen LogP contribution in [0.3, 0.4) is 0 Å². The SMILES string of the molecule is CCCCCCCCCCCCCCCCCCCCCCC(=O)NCCOP(=O)(O)OCC(O)COC(=O)CCCCCCCCC. The van der Waals surface area contributed by atoms with Crippen molar-refractivity contribution in [2.24, 2.45) is 0 Å². The van der Waals surface area contributed by atoms with Crippen LogP contribution in [0.1, 0.15) is 200 Å². The van der Waals surface area contributed by atoms with Crippen LogP contribution in [-0.2, 0) is 27.9 Å². The van der Waals surface area contributed by atoms with Gasteiger partial charge in [0.2, 0.25) is 5.91 Å². The number of esters is 1. The average molecular weight is 706 g/mol. The van der Waals surface area contributed by atoms with E-state index in [1.807, 2.05) is 0 Å². The molecule has 3 N–H and O–H groups in total. The van der Waals surface area contributed by atoms with Gasteiger partial charge in [0.15, 0.2) is 0 Å². The highest BCUT2D eigenvalue weighted by Crippen LogP contribution is 2.42. The molecule has 2 unspecified atom stereocenters. The number of aliphatic hydroxyl groups is 1. The number of phosphoric ester groups is 1. The minimum Gasteiger partial charge on any atom is -0.463 e. The number of rotatable bonds is 38. The van der Waals surface area contributed by atoms with Crippen molar-refractivity contribution in [2.75, 3.05) is 26.4 Å². The van der Waals surface area contributed by atoms with Crippen LogP contribution in [0.15, 0.2) is 0 Å². The maximum absolute atomic E-state index is 12.0. The molecule has 0 heterocycles. The lowest BCUT2D eigenvalue weighted by Gasteiger charge is -2.15. The molecule has 0 rings (SSSR count). The summed E-state index contributed by atoms with van der Waals surface area (Å²) >= 11 is 0. The van der Waals surface area contributed by atoms with Crippen molar-refractivity contribution in [1.82, 2.24) is 5.32 Å². The van der Waals surface area contributed by atoms with Gasteiger partial charge >= 0.3 is 13.8 Å². The predicted molar refractivity (Wildman–Crippen MR) is 197 cm³/mol. The van der Waals surface area contributed by atoms with E-state index in [4.69, 9.17) is 13.8 Å². The van der Waals surface area contributed by atoms with Crippen molar-refractivity contribution in [3.8, 4) is 0 Å². The Kier molecular flexibility index (Phi) is 35.1. The fourth-order valence-corrected chi connectivity index (χ4v) is 6.49. The second-order valence-electron chi connectivity index (χ2n) is 13.6. The quantitative estimate of drug-likeness (QED) is 0.0329. The Labute approximate surface area is 295 Å². The third kappa shape index (κ3) is 36.3. The van der Waals surface area contributed by atoms with E-state index in [0.717, 1.165) is 38.5 Å². The van der Waals surface area contributed by atoms with E-state index in [9.17, 15) is 24.2 Å². The molecule has 2 atom stereocenters. The standard InChI is InChI=1S/C38H76NO8P/c1-3-5-7-9-11-12-13-14-15-16-17-18-19-20-21-22-23-25-26-28-30-37(41)39-32-33-46-48(43,44)47-35-36(40)34-45-38(42)31-29-27-24-10-8-6-4-2/h36,40H,3-35H2,1-2H3,(H,39,41)(H,43,44). The molecule has 0 saturated carbocycles. The van der Waals surface area contributed by atoms with Crippen LogP contribution in [-0.4, -0.2) is 54.3 Å². The first-order valence-electron chi connectivity index (χ1n) is 20.0. The summed E-state index contributed by atoms with van der Waals surface area (Å²) in [5, 5.41) is 12.6. The highest BCUT2D eigenvalue weighted by Gasteiger charge is 2.23. The lowest BCUT2D eigenvalue weighted by molar-refractivity contribution is -0.147. The first-order valence-corrected chi connectivity index (χ1v) is 21.5. The Hall–Kier alpha value is -0.990. The normalized spacial score (nSPS) is 13.3. The van der Waals surface area contributed by atoms with E-state index < -0.39 is 26.5 Å². The minimum absolute atomic E-state index is 0.0880. The Morgan fingerprint density at radius 2 is 0.938 bits per heavy atom. The number of carbonyl (C=O) groups is 2. The zero-order chi connectivity index (χ0) is 35.4. The van der Waals surface area contributed by atoms with Crippen LogP contribution >= 0.6 is 7.82 Å². The summed E-state index contributed by atoms with van der Waals surface area (Å²) in [6.07, 6.45) is 33.5. The molecule has 0 aliphatic carbocycles. The smallest absolute Gasteiger partial charge is 0.463 e. The highest BCUT2D eigenvalue weighted by atomic mass is 31.2. The Morgan fingerprint density at radius 3 is 1.35 bits per heavy atom. The maximum Gasteiger partial charge on any atom is 0.472 e. The topological polar surface area (TPSA) is 131 Å². The molecule has 0 aromatic rings. The zero-order valence-electron chi connectivity index (χ0n) is 31.2. The van der Waals surface area contributed by atoms with Crippen molar-refractivity contribution in [3.63, 3.8) is 0 Å². The van der Waals surface area contributed by atoms with Crippen LogP contribution < -0.4 is 5.32 Å². The molecule has 0 saturated heterocycles. The molecule has 10 heteroatoms. The molecule has 1 amide bonds. The van der Waals surface area contributed by atoms with Crippen LogP contribution in [0.25, 0.3) is 0 Å². The fraction of sp³-hybridized carbons (Fsp3) is 0.947. The van der Waals surface area contributed by atoms with Gasteiger partial charge in [-0.3, -0.25) is 18.6 Å². The van der Waals surface area contributed by atoms with Crippen LogP contribution in [0, 0.1) is 0 Å². The van der Waals surface area contributed by atoms with Gasteiger partial charge in [-0.1, -0.05) is 174 Å². The van der Waals surface area contributed by atoms with E-state index in [-0.39, 0.29) is 32.1 Å². The number of unbranched alkanes of at least 4 members (excludes halogenated alkanes) is 25. The summed E-state index contributed by atoms with van der Waals surface area (Å²) in [6, 6.07) is 0. The minimum atomic E-state index is -4.40. The van der Waals surface area contributed by atoms with Gasteiger partial charge in [-0.25, -0.2) is 4.57 Å². The average Bonchev–Trinajstić information content (AvgIpc) is 3.07. The van der Waals surface area contributed by atoms with Crippen molar-refractivity contribution < 1.29 is 37.9 Å². The molecule has 0 spiro atoms. The monoisotopic (exact) mass is 706 g/mol. The summed E-state index contributed by atoms with van der Waals surface area (Å²) in [5.74, 6) is -0.513.